The van der Waals surface area contributed by atoms with Crippen molar-refractivity contribution in [1.29, 1.82) is 0 Å². The number of hydrogen-bond acceptors (Lipinski definition) is 9. The van der Waals surface area contributed by atoms with Gasteiger partial charge in [0.15, 0.2) is 0 Å². The van der Waals surface area contributed by atoms with Crippen LogP contribution >= 0.6 is 0 Å². The van der Waals surface area contributed by atoms with Crippen LogP contribution < -0.4 is 15.4 Å². The summed E-state index contributed by atoms with van der Waals surface area (Å²) < 4.78 is 6.40. The molecule has 3 aliphatic carbocycles. The fraction of sp³-hybridized carbons (Fsp3) is 0.583. The largest absolute Gasteiger partial charge is 0.493 e. The molecule has 322 valence electrons. The average molecular weight is 812 g/mol. The fourth-order valence-electron chi connectivity index (χ4n) is 10.2. The van der Waals surface area contributed by atoms with Gasteiger partial charge in [0.1, 0.15) is 17.9 Å². The Morgan fingerprint density at radius 3 is 2.44 bits per heavy atom. The van der Waals surface area contributed by atoms with Crippen LogP contribution in [0.5, 0.6) is 5.75 Å². The summed E-state index contributed by atoms with van der Waals surface area (Å²) in [5, 5.41) is 29.8. The van der Waals surface area contributed by atoms with Gasteiger partial charge < -0.3 is 35.4 Å². The third-order valence-corrected chi connectivity index (χ3v) is 13.7. The molecule has 2 aromatic rings. The summed E-state index contributed by atoms with van der Waals surface area (Å²) in [6.45, 7) is 17.8. The van der Waals surface area contributed by atoms with Crippen LogP contribution in [0.2, 0.25) is 0 Å². The van der Waals surface area contributed by atoms with Crippen LogP contribution in [0, 0.1) is 29.1 Å². The quantitative estimate of drug-likeness (QED) is 0.113. The molecule has 5 aliphatic rings. The van der Waals surface area contributed by atoms with E-state index in [1.807, 2.05) is 74.5 Å². The number of para-hydroxylation sites is 1. The lowest BCUT2D eigenvalue weighted by Gasteiger charge is -2.62. The summed E-state index contributed by atoms with van der Waals surface area (Å²) in [7, 11) is 3.84. The predicted molar refractivity (Wildman–Crippen MR) is 233 cm³/mol. The molecule has 59 heavy (non-hydrogen) atoms. The van der Waals surface area contributed by atoms with E-state index in [0.717, 1.165) is 54.9 Å². The summed E-state index contributed by atoms with van der Waals surface area (Å²) in [6, 6.07) is 15.2. The molecule has 5 fully saturated rings. The third kappa shape index (κ3) is 10.3. The maximum Gasteiger partial charge on any atom is 0.244 e. The molecule has 0 unspecified atom stereocenters. The smallest absolute Gasteiger partial charge is 0.244 e. The first-order chi connectivity index (χ1) is 28.2. The van der Waals surface area contributed by atoms with Crippen LogP contribution in [0.4, 0.5) is 0 Å². The highest BCUT2D eigenvalue weighted by Crippen LogP contribution is 2.61. The van der Waals surface area contributed by atoms with Crippen molar-refractivity contribution >= 4 is 17.4 Å². The van der Waals surface area contributed by atoms with Crippen molar-refractivity contribution in [2.75, 3.05) is 46.9 Å². The Labute approximate surface area is 352 Å². The first-order valence-corrected chi connectivity index (χ1v) is 21.8. The number of fused-ring (bicyclic) bond motifs is 2. The van der Waals surface area contributed by atoms with Crippen LogP contribution in [0.1, 0.15) is 77.0 Å². The van der Waals surface area contributed by atoms with Crippen LogP contribution in [-0.4, -0.2) is 114 Å². The van der Waals surface area contributed by atoms with Gasteiger partial charge in [-0.3, -0.25) is 14.4 Å². The topological polar surface area (TPSA) is 127 Å². The van der Waals surface area contributed by atoms with Crippen molar-refractivity contribution in [3.8, 4) is 5.75 Å². The second-order valence-corrected chi connectivity index (χ2v) is 18.2. The molecule has 2 aromatic carbocycles. The van der Waals surface area contributed by atoms with Crippen molar-refractivity contribution in [1.82, 2.24) is 25.5 Å². The normalized spacial score (nSPS) is 27.9. The van der Waals surface area contributed by atoms with Gasteiger partial charge >= 0.3 is 0 Å². The van der Waals surface area contributed by atoms with E-state index in [0.29, 0.717) is 30.1 Å². The zero-order valence-corrected chi connectivity index (χ0v) is 36.4. The van der Waals surface area contributed by atoms with E-state index in [2.05, 4.69) is 55.0 Å². The second-order valence-electron chi connectivity index (χ2n) is 18.2. The number of likely N-dealkylation sites (tertiary alicyclic amines) is 1. The van der Waals surface area contributed by atoms with Gasteiger partial charge in [-0.2, -0.15) is 5.06 Å². The monoisotopic (exact) mass is 812 g/mol. The summed E-state index contributed by atoms with van der Waals surface area (Å²) >= 11 is 0. The van der Waals surface area contributed by atoms with Gasteiger partial charge in [-0.1, -0.05) is 75.9 Å². The number of carbonyl (C=O) groups is 2. The maximum absolute atomic E-state index is 14.4. The fourth-order valence-corrected chi connectivity index (χ4v) is 10.2. The average Bonchev–Trinajstić information content (AvgIpc) is 3.85. The lowest BCUT2D eigenvalue weighted by Crippen LogP contribution is -2.62. The van der Waals surface area contributed by atoms with E-state index in [1.165, 1.54) is 24.8 Å². The summed E-state index contributed by atoms with van der Waals surface area (Å²) in [5.41, 5.74) is 4.42. The van der Waals surface area contributed by atoms with Crippen molar-refractivity contribution in [3.05, 3.63) is 95.7 Å². The minimum absolute atomic E-state index is 0.0292. The summed E-state index contributed by atoms with van der Waals surface area (Å²) in [6.07, 6.45) is 8.86. The number of amides is 2. The Bertz CT molecular complexity index is 1820. The molecule has 2 amide bonds. The molecule has 11 nitrogen and oxygen atoms in total. The number of aliphatic hydroxyl groups excluding tert-OH is 2. The van der Waals surface area contributed by atoms with E-state index < -0.39 is 24.2 Å². The third-order valence-electron chi connectivity index (χ3n) is 13.7. The van der Waals surface area contributed by atoms with Crippen LogP contribution in [0.15, 0.2) is 79.0 Å². The van der Waals surface area contributed by atoms with E-state index in [4.69, 9.17) is 9.57 Å². The van der Waals surface area contributed by atoms with Crippen LogP contribution in [-0.2, 0) is 27.4 Å². The molecule has 3 saturated carbocycles. The first-order valence-electron chi connectivity index (χ1n) is 21.8. The number of hydroxylamine groups is 2. The highest BCUT2D eigenvalue weighted by Gasteiger charge is 2.57. The SMILES string of the molecule is C=C(C=C(C=CC(=O)N[C@@H](Cc1ccccc1)CN1CCCC1)c1cccc(CN2O[C@@H](CO)[C@@H]([C@H](C)O)[C@H]2C(=O)N[C@H]2C[C@H]3C[C@@H]([C@@H]2C)C3(C)C)c1OCC)N(C)C. The number of nitrogens with zero attached hydrogens (tertiary/aromatic N) is 3. The van der Waals surface area contributed by atoms with Crippen molar-refractivity contribution in [2.45, 2.75) is 104 Å². The van der Waals surface area contributed by atoms with Gasteiger partial charge in [-0.05, 0) is 105 Å². The zero-order chi connectivity index (χ0) is 42.4. The Kier molecular flexibility index (Phi) is 14.8. The standard InChI is InChI=1S/C48H69N5O6/c1-9-58-46-36(28-53-45(44(33(4)55)42(30-54)59-53)47(57)50-41-27-37-26-40(32(41)3)48(37,5)6)18-15-19-39(46)35(24-31(2)51(7)8)20-21-43(56)49-38(29-52-22-13-14-23-52)25-34-16-11-10-12-17-34/h10-12,15-21,24,32-33,37-38,40-42,44-45,54-55H,2,9,13-14,22-23,25-30H2,1,3-8H3,(H,49,56)(H,50,57)/t32-,33-,37+,38-,40-,41-,42-,44+,45-/m0/s1. The number of nitrogens with one attached hydrogen (secondary N) is 2. The minimum atomic E-state index is -0.910. The van der Waals surface area contributed by atoms with Gasteiger partial charge in [0.2, 0.25) is 11.8 Å². The second kappa shape index (κ2) is 19.6. The molecular formula is C48H69N5O6. The van der Waals surface area contributed by atoms with Gasteiger partial charge in [0, 0.05) is 61.5 Å². The Hall–Kier alpha value is -4.00. The summed E-state index contributed by atoms with van der Waals surface area (Å²) in [4.78, 5) is 38.8. The molecule has 2 aliphatic heterocycles. The molecule has 0 radical (unpaired) electrons. The molecule has 2 bridgehead atoms. The highest BCUT2D eigenvalue weighted by atomic mass is 16.7. The molecule has 7 rings (SSSR count). The van der Waals surface area contributed by atoms with E-state index in [1.54, 1.807) is 18.1 Å². The van der Waals surface area contributed by atoms with E-state index in [9.17, 15) is 19.8 Å². The predicted octanol–water partition coefficient (Wildman–Crippen LogP) is 5.58. The number of carbonyl (C=O) groups excluding carboxylic acids is 2. The molecular weight excluding hydrogens is 743 g/mol. The van der Waals surface area contributed by atoms with E-state index >= 15 is 0 Å². The number of likely N-dealkylation sites (N-methyl/N-ethyl adjacent to an activating group) is 1. The van der Waals surface area contributed by atoms with Crippen molar-refractivity contribution in [2.24, 2.45) is 29.1 Å². The lowest BCUT2D eigenvalue weighted by atomic mass is 9.45. The zero-order valence-electron chi connectivity index (χ0n) is 36.4. The van der Waals surface area contributed by atoms with E-state index in [-0.39, 0.29) is 42.5 Å². The number of rotatable bonds is 18. The molecule has 0 aromatic heterocycles. The Morgan fingerprint density at radius 2 is 1.81 bits per heavy atom. The number of ether oxygens (including phenoxy) is 1. The molecule has 0 spiro atoms. The van der Waals surface area contributed by atoms with Crippen LogP contribution in [0.3, 0.4) is 0 Å². The van der Waals surface area contributed by atoms with Gasteiger partial charge in [-0.15, -0.1) is 0 Å². The van der Waals surface area contributed by atoms with Gasteiger partial charge in [0.05, 0.1) is 25.9 Å². The first kappa shape index (κ1) is 44.5. The molecule has 2 saturated heterocycles. The number of hydrogen-bond donors (Lipinski definition) is 4. The molecule has 11 heteroatoms. The van der Waals surface area contributed by atoms with Gasteiger partial charge in [0.25, 0.3) is 0 Å². The van der Waals surface area contributed by atoms with Gasteiger partial charge in [-0.25, -0.2) is 0 Å². The summed E-state index contributed by atoms with van der Waals surface area (Å²) in [5.74, 6) is 0.980. The Balaban J connectivity index is 1.27. The van der Waals surface area contributed by atoms with Crippen molar-refractivity contribution in [3.63, 3.8) is 0 Å². The Morgan fingerprint density at radius 1 is 1.08 bits per heavy atom. The molecule has 2 heterocycles. The number of aliphatic hydroxyl groups is 2. The number of benzene rings is 2. The molecule has 9 atom stereocenters. The number of allylic oxidation sites excluding steroid dienone is 3. The molecule has 4 N–H and O–H groups in total. The maximum atomic E-state index is 14.4. The lowest BCUT2D eigenvalue weighted by molar-refractivity contribution is -0.183. The highest BCUT2D eigenvalue weighted by molar-refractivity contribution is 5.92. The van der Waals surface area contributed by atoms with Crippen LogP contribution in [0.25, 0.3) is 5.57 Å². The van der Waals surface area contributed by atoms with Crippen molar-refractivity contribution < 1.29 is 29.4 Å². The minimum Gasteiger partial charge on any atom is -0.493 e.